The first-order valence-corrected chi connectivity index (χ1v) is 9.37. The smallest absolute Gasteiger partial charge is 0.234 e. The van der Waals surface area contributed by atoms with E-state index in [-0.39, 0.29) is 5.91 Å². The van der Waals surface area contributed by atoms with Crippen molar-refractivity contribution in [3.05, 3.63) is 28.8 Å². The normalized spacial score (nSPS) is 10.6. The number of aromatic nitrogens is 2. The summed E-state index contributed by atoms with van der Waals surface area (Å²) in [6, 6.07) is 4.15. The van der Waals surface area contributed by atoms with Crippen molar-refractivity contribution >= 4 is 39.8 Å². The average Bonchev–Trinajstić information content (AvgIpc) is 2.94. The first kappa shape index (κ1) is 17.7. The van der Waals surface area contributed by atoms with Gasteiger partial charge in [-0.05, 0) is 38.3 Å². The van der Waals surface area contributed by atoms with Crippen LogP contribution < -0.4 is 10.6 Å². The largest absolute Gasteiger partial charge is 0.360 e. The number of hydrogen-bond acceptors (Lipinski definition) is 6. The van der Waals surface area contributed by atoms with E-state index in [1.165, 1.54) is 28.7 Å². The van der Waals surface area contributed by atoms with Crippen molar-refractivity contribution in [3.8, 4) is 0 Å². The maximum atomic E-state index is 12.2. The van der Waals surface area contributed by atoms with Crippen molar-refractivity contribution in [1.29, 1.82) is 0 Å². The molecular formula is C16H22N4OS2. The quantitative estimate of drug-likeness (QED) is 0.738. The van der Waals surface area contributed by atoms with E-state index in [0.29, 0.717) is 5.75 Å². The van der Waals surface area contributed by atoms with Gasteiger partial charge in [0.2, 0.25) is 11.0 Å². The zero-order valence-electron chi connectivity index (χ0n) is 13.9. The SMILES string of the molecule is CCCNc1nnc(SCC(=O)Nc2c(C)cc(C)cc2C)s1. The Morgan fingerprint density at radius 1 is 1.22 bits per heavy atom. The molecule has 0 saturated carbocycles. The Bertz CT molecular complexity index is 661. The molecule has 1 aromatic carbocycles. The Balaban J connectivity index is 1.89. The minimum absolute atomic E-state index is 0.0247. The minimum Gasteiger partial charge on any atom is -0.360 e. The molecule has 2 rings (SSSR count). The second-order valence-electron chi connectivity index (χ2n) is 5.41. The topological polar surface area (TPSA) is 66.9 Å². The maximum Gasteiger partial charge on any atom is 0.234 e. The Kier molecular flexibility index (Phi) is 6.41. The van der Waals surface area contributed by atoms with Crippen molar-refractivity contribution < 1.29 is 4.79 Å². The van der Waals surface area contributed by atoms with E-state index in [1.807, 2.05) is 13.8 Å². The number of carbonyl (C=O) groups is 1. The zero-order chi connectivity index (χ0) is 16.8. The molecule has 23 heavy (non-hydrogen) atoms. The number of hydrogen-bond donors (Lipinski definition) is 2. The van der Waals surface area contributed by atoms with Gasteiger partial charge in [-0.15, -0.1) is 10.2 Å². The number of nitrogens with one attached hydrogen (secondary N) is 2. The predicted molar refractivity (Wildman–Crippen MR) is 98.7 cm³/mol. The molecule has 2 aromatic rings. The number of nitrogens with zero attached hydrogens (tertiary/aromatic N) is 2. The number of rotatable bonds is 7. The second-order valence-corrected chi connectivity index (χ2v) is 7.61. The lowest BCUT2D eigenvalue weighted by Gasteiger charge is -2.12. The Hall–Kier alpha value is -1.60. The zero-order valence-corrected chi connectivity index (χ0v) is 15.5. The van der Waals surface area contributed by atoms with Crippen LogP contribution in [0.5, 0.6) is 0 Å². The summed E-state index contributed by atoms with van der Waals surface area (Å²) in [6.07, 6.45) is 1.04. The third kappa shape index (κ3) is 5.21. The van der Waals surface area contributed by atoms with Crippen LogP contribution in [-0.4, -0.2) is 28.4 Å². The lowest BCUT2D eigenvalue weighted by atomic mass is 10.1. The molecule has 0 aliphatic rings. The summed E-state index contributed by atoms with van der Waals surface area (Å²) in [5.74, 6) is 0.304. The molecule has 0 spiro atoms. The van der Waals surface area contributed by atoms with Crippen LogP contribution in [0.25, 0.3) is 0 Å². The van der Waals surface area contributed by atoms with Gasteiger partial charge >= 0.3 is 0 Å². The number of anilines is 2. The van der Waals surface area contributed by atoms with Crippen LogP contribution in [0.1, 0.15) is 30.0 Å². The number of benzene rings is 1. The van der Waals surface area contributed by atoms with Gasteiger partial charge in [0.25, 0.3) is 0 Å². The summed E-state index contributed by atoms with van der Waals surface area (Å²) in [4.78, 5) is 12.2. The summed E-state index contributed by atoms with van der Waals surface area (Å²) in [6.45, 7) is 9.06. The second kappa shape index (κ2) is 8.31. The van der Waals surface area contributed by atoms with Gasteiger partial charge in [0.1, 0.15) is 0 Å². The molecule has 5 nitrogen and oxygen atoms in total. The molecule has 1 aromatic heterocycles. The van der Waals surface area contributed by atoms with Crippen LogP contribution in [0, 0.1) is 20.8 Å². The molecule has 2 N–H and O–H groups in total. The highest BCUT2D eigenvalue weighted by molar-refractivity contribution is 8.01. The Labute approximate surface area is 145 Å². The highest BCUT2D eigenvalue weighted by Crippen LogP contribution is 2.26. The molecule has 1 heterocycles. The summed E-state index contributed by atoms with van der Waals surface area (Å²) in [5.41, 5.74) is 4.28. The summed E-state index contributed by atoms with van der Waals surface area (Å²) in [7, 11) is 0. The number of carbonyl (C=O) groups excluding carboxylic acids is 1. The lowest BCUT2D eigenvalue weighted by molar-refractivity contribution is -0.113. The fourth-order valence-corrected chi connectivity index (χ4v) is 3.83. The van der Waals surface area contributed by atoms with Crippen LogP contribution in [0.2, 0.25) is 0 Å². The van der Waals surface area contributed by atoms with Crippen molar-refractivity contribution in [2.24, 2.45) is 0 Å². The standard InChI is InChI=1S/C16H22N4OS2/c1-5-6-17-15-19-20-16(23-15)22-9-13(21)18-14-11(3)7-10(2)8-12(14)4/h7-8H,5-6,9H2,1-4H3,(H,17,19)(H,18,21). The Morgan fingerprint density at radius 2 is 1.91 bits per heavy atom. The van der Waals surface area contributed by atoms with E-state index >= 15 is 0 Å². The molecule has 0 aliphatic heterocycles. The predicted octanol–water partition coefficient (Wildman–Crippen LogP) is 4.02. The lowest BCUT2D eigenvalue weighted by Crippen LogP contribution is -2.15. The van der Waals surface area contributed by atoms with Crippen LogP contribution >= 0.6 is 23.1 Å². The third-order valence-electron chi connectivity index (χ3n) is 3.20. The highest BCUT2D eigenvalue weighted by atomic mass is 32.2. The van der Waals surface area contributed by atoms with Crippen molar-refractivity contribution in [1.82, 2.24) is 10.2 Å². The molecule has 7 heteroatoms. The molecule has 0 saturated heterocycles. The molecule has 0 fully saturated rings. The third-order valence-corrected chi connectivity index (χ3v) is 5.22. The summed E-state index contributed by atoms with van der Waals surface area (Å²) < 4.78 is 0.802. The summed E-state index contributed by atoms with van der Waals surface area (Å²) >= 11 is 2.89. The van der Waals surface area contributed by atoms with Gasteiger partial charge in [-0.3, -0.25) is 4.79 Å². The van der Waals surface area contributed by atoms with Crippen LogP contribution in [0.3, 0.4) is 0 Å². The monoisotopic (exact) mass is 350 g/mol. The molecule has 0 unspecified atom stereocenters. The van der Waals surface area contributed by atoms with Gasteiger partial charge in [-0.2, -0.15) is 0 Å². The van der Waals surface area contributed by atoms with Crippen LogP contribution in [0.4, 0.5) is 10.8 Å². The van der Waals surface area contributed by atoms with E-state index in [1.54, 1.807) is 0 Å². The number of amides is 1. The first-order valence-electron chi connectivity index (χ1n) is 7.57. The fraction of sp³-hybridized carbons (Fsp3) is 0.438. The van der Waals surface area contributed by atoms with E-state index in [0.717, 1.165) is 39.3 Å². The van der Waals surface area contributed by atoms with Gasteiger partial charge in [0, 0.05) is 12.2 Å². The van der Waals surface area contributed by atoms with Gasteiger partial charge in [-0.1, -0.05) is 47.7 Å². The number of thioether (sulfide) groups is 1. The van der Waals surface area contributed by atoms with E-state index in [9.17, 15) is 4.79 Å². The van der Waals surface area contributed by atoms with E-state index < -0.39 is 0 Å². The molecule has 0 atom stereocenters. The van der Waals surface area contributed by atoms with Gasteiger partial charge < -0.3 is 10.6 Å². The molecular weight excluding hydrogens is 328 g/mol. The molecule has 0 radical (unpaired) electrons. The molecule has 1 amide bonds. The van der Waals surface area contributed by atoms with Gasteiger partial charge in [0.05, 0.1) is 5.75 Å². The van der Waals surface area contributed by atoms with E-state index in [4.69, 9.17) is 0 Å². The molecule has 0 aliphatic carbocycles. The minimum atomic E-state index is -0.0247. The highest BCUT2D eigenvalue weighted by Gasteiger charge is 2.11. The molecule has 0 bridgehead atoms. The summed E-state index contributed by atoms with van der Waals surface area (Å²) in [5, 5.41) is 15.1. The van der Waals surface area contributed by atoms with Gasteiger partial charge in [0.15, 0.2) is 4.34 Å². The van der Waals surface area contributed by atoms with Crippen LogP contribution in [-0.2, 0) is 4.79 Å². The molecule has 124 valence electrons. The first-order chi connectivity index (χ1) is 11.0. The van der Waals surface area contributed by atoms with Crippen molar-refractivity contribution in [2.75, 3.05) is 22.9 Å². The van der Waals surface area contributed by atoms with Crippen molar-refractivity contribution in [2.45, 2.75) is 38.5 Å². The Morgan fingerprint density at radius 3 is 2.57 bits per heavy atom. The van der Waals surface area contributed by atoms with Crippen LogP contribution in [0.15, 0.2) is 16.5 Å². The van der Waals surface area contributed by atoms with E-state index in [2.05, 4.69) is 46.8 Å². The number of aryl methyl sites for hydroxylation is 3. The maximum absolute atomic E-state index is 12.2. The fourth-order valence-electron chi connectivity index (χ4n) is 2.25. The average molecular weight is 351 g/mol. The van der Waals surface area contributed by atoms with Gasteiger partial charge in [-0.25, -0.2) is 0 Å². The van der Waals surface area contributed by atoms with Crippen molar-refractivity contribution in [3.63, 3.8) is 0 Å².